The average molecular weight is 261 g/mol. The van der Waals surface area contributed by atoms with Crippen molar-refractivity contribution in [3.8, 4) is 0 Å². The lowest BCUT2D eigenvalue weighted by atomic mass is 9.85. The van der Waals surface area contributed by atoms with E-state index in [4.69, 9.17) is 23.2 Å². The van der Waals surface area contributed by atoms with E-state index in [9.17, 15) is 5.11 Å². The minimum Gasteiger partial charge on any atom is -0.393 e. The molecule has 3 heteroatoms. The molecule has 1 nitrogen and oxygen atoms in total. The molecule has 0 bridgehead atoms. The highest BCUT2D eigenvalue weighted by Gasteiger charge is 2.20. The van der Waals surface area contributed by atoms with Crippen LogP contribution in [-0.2, 0) is 6.42 Å². The van der Waals surface area contributed by atoms with Gasteiger partial charge in [0, 0.05) is 10.0 Å². The van der Waals surface area contributed by atoms with Crippen LogP contribution in [-0.4, -0.2) is 11.2 Å². The van der Waals surface area contributed by atoms with E-state index < -0.39 is 0 Å². The highest BCUT2D eigenvalue weighted by atomic mass is 35.5. The zero-order valence-electron chi connectivity index (χ0n) is 9.87. The molecular formula is C13H18Cl2O. The van der Waals surface area contributed by atoms with Gasteiger partial charge in [-0.15, -0.1) is 0 Å². The predicted molar refractivity (Wildman–Crippen MR) is 70.2 cm³/mol. The molecule has 2 unspecified atom stereocenters. The largest absolute Gasteiger partial charge is 0.393 e. The van der Waals surface area contributed by atoms with E-state index in [0.29, 0.717) is 16.0 Å². The second kappa shape index (κ2) is 5.90. The molecule has 1 aromatic carbocycles. The van der Waals surface area contributed by atoms with Crippen molar-refractivity contribution in [2.75, 3.05) is 0 Å². The third kappa shape index (κ3) is 3.65. The standard InChI is InChI=1S/C13H18Cl2O/c1-8(2)12(9(3)16)6-10-4-5-11(14)7-13(10)15/h4-5,7-9,12,16H,6H2,1-3H3. The van der Waals surface area contributed by atoms with Gasteiger partial charge in [-0.2, -0.15) is 0 Å². The van der Waals surface area contributed by atoms with Gasteiger partial charge < -0.3 is 5.11 Å². The number of aliphatic hydroxyl groups is 1. The van der Waals surface area contributed by atoms with Crippen molar-refractivity contribution in [2.24, 2.45) is 11.8 Å². The van der Waals surface area contributed by atoms with Crippen LogP contribution < -0.4 is 0 Å². The molecule has 0 fully saturated rings. The van der Waals surface area contributed by atoms with Crippen molar-refractivity contribution in [1.29, 1.82) is 0 Å². The van der Waals surface area contributed by atoms with Crippen LogP contribution in [0, 0.1) is 11.8 Å². The zero-order valence-corrected chi connectivity index (χ0v) is 11.4. The summed E-state index contributed by atoms with van der Waals surface area (Å²) >= 11 is 12.0. The molecule has 2 atom stereocenters. The van der Waals surface area contributed by atoms with E-state index in [1.807, 2.05) is 19.1 Å². The Hall–Kier alpha value is -0.240. The fraction of sp³-hybridized carbons (Fsp3) is 0.538. The molecule has 0 aromatic heterocycles. The lowest BCUT2D eigenvalue weighted by Gasteiger charge is -2.24. The molecule has 0 radical (unpaired) electrons. The third-order valence-electron chi connectivity index (χ3n) is 2.95. The molecular weight excluding hydrogens is 243 g/mol. The molecule has 1 rings (SSSR count). The molecule has 0 aliphatic heterocycles. The van der Waals surface area contributed by atoms with Crippen LogP contribution >= 0.6 is 23.2 Å². The Morgan fingerprint density at radius 3 is 2.25 bits per heavy atom. The Labute approximate surface area is 107 Å². The molecule has 90 valence electrons. The van der Waals surface area contributed by atoms with Crippen LogP contribution in [0.5, 0.6) is 0 Å². The number of hydrogen-bond donors (Lipinski definition) is 1. The average Bonchev–Trinajstić information content (AvgIpc) is 2.15. The van der Waals surface area contributed by atoms with Crippen LogP contribution in [0.15, 0.2) is 18.2 Å². The molecule has 0 heterocycles. The fourth-order valence-corrected chi connectivity index (χ4v) is 2.39. The Morgan fingerprint density at radius 1 is 1.19 bits per heavy atom. The minimum absolute atomic E-state index is 0.221. The van der Waals surface area contributed by atoms with Crippen LogP contribution in [0.1, 0.15) is 26.3 Å². The van der Waals surface area contributed by atoms with Gasteiger partial charge in [-0.05, 0) is 42.9 Å². The highest BCUT2D eigenvalue weighted by molar-refractivity contribution is 6.35. The topological polar surface area (TPSA) is 20.2 Å². The van der Waals surface area contributed by atoms with Gasteiger partial charge in [0.1, 0.15) is 0 Å². The number of rotatable bonds is 4. The van der Waals surface area contributed by atoms with E-state index in [0.717, 1.165) is 12.0 Å². The number of halogens is 2. The van der Waals surface area contributed by atoms with Crippen LogP contribution in [0.25, 0.3) is 0 Å². The molecule has 0 aliphatic rings. The van der Waals surface area contributed by atoms with Gasteiger partial charge >= 0.3 is 0 Å². The summed E-state index contributed by atoms with van der Waals surface area (Å²) in [6, 6.07) is 5.52. The number of hydrogen-bond acceptors (Lipinski definition) is 1. The van der Waals surface area contributed by atoms with Gasteiger partial charge in [-0.25, -0.2) is 0 Å². The van der Waals surface area contributed by atoms with Gasteiger partial charge in [-0.3, -0.25) is 0 Å². The van der Waals surface area contributed by atoms with E-state index in [2.05, 4.69) is 13.8 Å². The zero-order chi connectivity index (χ0) is 12.3. The lowest BCUT2D eigenvalue weighted by molar-refractivity contribution is 0.0977. The maximum Gasteiger partial charge on any atom is 0.0545 e. The maximum absolute atomic E-state index is 9.72. The molecule has 1 N–H and O–H groups in total. The summed E-state index contributed by atoms with van der Waals surface area (Å²) in [5, 5.41) is 11.0. The Balaban J connectivity index is 2.85. The monoisotopic (exact) mass is 260 g/mol. The quantitative estimate of drug-likeness (QED) is 0.861. The summed E-state index contributed by atoms with van der Waals surface area (Å²) in [6.07, 6.45) is 0.456. The van der Waals surface area contributed by atoms with Crippen molar-refractivity contribution >= 4 is 23.2 Å². The van der Waals surface area contributed by atoms with Gasteiger partial charge in [-0.1, -0.05) is 43.1 Å². The maximum atomic E-state index is 9.72. The first-order valence-corrected chi connectivity index (χ1v) is 6.29. The Kier molecular flexibility index (Phi) is 5.10. The lowest BCUT2D eigenvalue weighted by Crippen LogP contribution is -2.24. The molecule has 0 aliphatic carbocycles. The summed E-state index contributed by atoms with van der Waals surface area (Å²) in [5.41, 5.74) is 1.05. The summed E-state index contributed by atoms with van der Waals surface area (Å²) < 4.78 is 0. The smallest absolute Gasteiger partial charge is 0.0545 e. The first-order valence-electron chi connectivity index (χ1n) is 5.53. The molecule has 0 saturated carbocycles. The van der Waals surface area contributed by atoms with Gasteiger partial charge in [0.05, 0.1) is 6.10 Å². The van der Waals surface area contributed by atoms with Gasteiger partial charge in [0.25, 0.3) is 0 Å². The first kappa shape index (κ1) is 13.8. The summed E-state index contributed by atoms with van der Waals surface area (Å²) in [5.74, 6) is 0.644. The molecule has 16 heavy (non-hydrogen) atoms. The summed E-state index contributed by atoms with van der Waals surface area (Å²) in [7, 11) is 0. The number of benzene rings is 1. The normalized spacial score (nSPS) is 15.2. The minimum atomic E-state index is -0.327. The molecule has 0 amide bonds. The second-order valence-electron chi connectivity index (χ2n) is 4.59. The fourth-order valence-electron chi connectivity index (χ4n) is 1.90. The predicted octanol–water partition coefficient (Wildman–Crippen LogP) is 4.19. The molecule has 1 aromatic rings. The first-order chi connectivity index (χ1) is 7.41. The molecule has 0 spiro atoms. The van der Waals surface area contributed by atoms with Gasteiger partial charge in [0.2, 0.25) is 0 Å². The second-order valence-corrected chi connectivity index (χ2v) is 5.43. The van der Waals surface area contributed by atoms with Crippen molar-refractivity contribution < 1.29 is 5.11 Å². The van der Waals surface area contributed by atoms with Crippen molar-refractivity contribution in [2.45, 2.75) is 33.3 Å². The van der Waals surface area contributed by atoms with Crippen LogP contribution in [0.2, 0.25) is 10.0 Å². The summed E-state index contributed by atoms with van der Waals surface area (Å²) in [4.78, 5) is 0. The highest BCUT2D eigenvalue weighted by Crippen LogP contribution is 2.27. The van der Waals surface area contributed by atoms with Crippen molar-refractivity contribution in [3.63, 3.8) is 0 Å². The van der Waals surface area contributed by atoms with E-state index in [-0.39, 0.29) is 12.0 Å². The van der Waals surface area contributed by atoms with Crippen LogP contribution in [0.4, 0.5) is 0 Å². The van der Waals surface area contributed by atoms with E-state index in [1.54, 1.807) is 6.07 Å². The number of aliphatic hydroxyl groups excluding tert-OH is 1. The van der Waals surface area contributed by atoms with Crippen molar-refractivity contribution in [3.05, 3.63) is 33.8 Å². The van der Waals surface area contributed by atoms with Gasteiger partial charge in [0.15, 0.2) is 0 Å². The SMILES string of the molecule is CC(C)C(Cc1ccc(Cl)cc1Cl)C(C)O. The molecule has 0 saturated heterocycles. The van der Waals surface area contributed by atoms with E-state index in [1.165, 1.54) is 0 Å². The Bertz CT molecular complexity index is 340. The van der Waals surface area contributed by atoms with Crippen LogP contribution in [0.3, 0.4) is 0 Å². The van der Waals surface area contributed by atoms with Crippen molar-refractivity contribution in [1.82, 2.24) is 0 Å². The van der Waals surface area contributed by atoms with E-state index >= 15 is 0 Å². The Morgan fingerprint density at radius 2 is 1.81 bits per heavy atom. The third-order valence-corrected chi connectivity index (χ3v) is 3.53. The summed E-state index contributed by atoms with van der Waals surface area (Å²) in [6.45, 7) is 6.05.